The Balaban J connectivity index is 2.34. The van der Waals surface area contributed by atoms with Crippen LogP contribution >= 0.6 is 0 Å². The standard InChI is InChI=1S/C15H26O2/c1-5-6-13-14-10(2)7-11(3)15(8-16,9-17-13)12(14)4/h7,11-14,16H,5-6,8-9H2,1-4H3/t11-,12+,13-,14-,15+/m1/s1. The van der Waals surface area contributed by atoms with Crippen LogP contribution in [-0.4, -0.2) is 24.4 Å². The molecule has 2 rings (SSSR count). The molecule has 2 nitrogen and oxygen atoms in total. The van der Waals surface area contributed by atoms with Crippen LogP contribution in [0, 0.1) is 23.2 Å². The van der Waals surface area contributed by atoms with Crippen LogP contribution in [0.3, 0.4) is 0 Å². The SMILES string of the molecule is CCC[C@H]1OC[C@@]2(CO)[C@H](C)C=C(C)[C@@H]1[C@@H]2C. The fourth-order valence-electron chi connectivity index (χ4n) is 3.96. The van der Waals surface area contributed by atoms with Gasteiger partial charge >= 0.3 is 0 Å². The number of fused-ring (bicyclic) bond motifs is 2. The maximum atomic E-state index is 9.83. The average Bonchev–Trinajstić information content (AvgIpc) is 2.28. The van der Waals surface area contributed by atoms with Crippen LogP contribution in [0.25, 0.3) is 0 Å². The van der Waals surface area contributed by atoms with Gasteiger partial charge in [-0.15, -0.1) is 0 Å². The van der Waals surface area contributed by atoms with E-state index in [1.165, 1.54) is 12.0 Å². The molecule has 1 heterocycles. The van der Waals surface area contributed by atoms with Crippen LogP contribution in [0.4, 0.5) is 0 Å². The van der Waals surface area contributed by atoms with E-state index in [1.54, 1.807) is 0 Å². The Hall–Kier alpha value is -0.340. The van der Waals surface area contributed by atoms with Gasteiger partial charge in [0.2, 0.25) is 0 Å². The van der Waals surface area contributed by atoms with Crippen LogP contribution in [0.5, 0.6) is 0 Å². The zero-order valence-corrected chi connectivity index (χ0v) is 11.6. The molecule has 1 saturated heterocycles. The second-order valence-corrected chi connectivity index (χ2v) is 6.04. The molecule has 2 bridgehead atoms. The molecule has 0 saturated carbocycles. The van der Waals surface area contributed by atoms with Gasteiger partial charge in [-0.2, -0.15) is 0 Å². The molecule has 0 amide bonds. The van der Waals surface area contributed by atoms with Gasteiger partial charge in [-0.05, 0) is 25.2 Å². The van der Waals surface area contributed by atoms with Crippen molar-refractivity contribution in [3.05, 3.63) is 11.6 Å². The van der Waals surface area contributed by atoms with E-state index >= 15 is 0 Å². The fourth-order valence-corrected chi connectivity index (χ4v) is 3.96. The summed E-state index contributed by atoms with van der Waals surface area (Å²) in [4.78, 5) is 0. The van der Waals surface area contributed by atoms with E-state index in [-0.39, 0.29) is 12.0 Å². The summed E-state index contributed by atoms with van der Waals surface area (Å²) in [6, 6.07) is 0. The highest BCUT2D eigenvalue weighted by Gasteiger charge is 2.52. The molecule has 1 fully saturated rings. The number of aliphatic hydroxyl groups is 1. The third-order valence-corrected chi connectivity index (χ3v) is 5.23. The molecule has 17 heavy (non-hydrogen) atoms. The topological polar surface area (TPSA) is 29.5 Å². The van der Waals surface area contributed by atoms with Crippen LogP contribution in [0.15, 0.2) is 11.6 Å². The predicted molar refractivity (Wildman–Crippen MR) is 69.7 cm³/mol. The highest BCUT2D eigenvalue weighted by atomic mass is 16.5. The number of rotatable bonds is 3. The second-order valence-electron chi connectivity index (χ2n) is 6.04. The van der Waals surface area contributed by atoms with Crippen molar-refractivity contribution in [3.8, 4) is 0 Å². The maximum absolute atomic E-state index is 9.83. The monoisotopic (exact) mass is 238 g/mol. The van der Waals surface area contributed by atoms with E-state index in [4.69, 9.17) is 4.74 Å². The predicted octanol–water partition coefficient (Wildman–Crippen LogP) is 3.01. The highest BCUT2D eigenvalue weighted by molar-refractivity contribution is 5.20. The number of aliphatic hydroxyl groups excluding tert-OH is 1. The minimum atomic E-state index is -0.0472. The molecule has 0 aromatic rings. The van der Waals surface area contributed by atoms with Crippen molar-refractivity contribution >= 4 is 0 Å². The molecule has 0 aromatic carbocycles. The van der Waals surface area contributed by atoms with Crippen molar-refractivity contribution < 1.29 is 9.84 Å². The quantitative estimate of drug-likeness (QED) is 0.766. The fraction of sp³-hybridized carbons (Fsp3) is 0.867. The van der Waals surface area contributed by atoms with E-state index in [0.29, 0.717) is 23.9 Å². The van der Waals surface area contributed by atoms with Crippen molar-refractivity contribution in [2.45, 2.75) is 46.6 Å². The molecule has 1 aliphatic carbocycles. The third kappa shape index (κ3) is 1.86. The summed E-state index contributed by atoms with van der Waals surface area (Å²) in [6.45, 7) is 9.93. The largest absolute Gasteiger partial charge is 0.396 e. The molecule has 0 radical (unpaired) electrons. The normalized spacial score (nSPS) is 45.6. The van der Waals surface area contributed by atoms with E-state index in [9.17, 15) is 5.11 Å². The van der Waals surface area contributed by atoms with Crippen molar-refractivity contribution in [3.63, 3.8) is 0 Å². The third-order valence-electron chi connectivity index (χ3n) is 5.23. The Morgan fingerprint density at radius 1 is 1.47 bits per heavy atom. The Morgan fingerprint density at radius 2 is 2.18 bits per heavy atom. The second kappa shape index (κ2) is 4.74. The van der Waals surface area contributed by atoms with Crippen LogP contribution in [0.1, 0.15) is 40.5 Å². The summed E-state index contributed by atoms with van der Waals surface area (Å²) in [6.07, 6.45) is 5.03. The Labute approximate surface area is 105 Å². The molecule has 1 N–H and O–H groups in total. The maximum Gasteiger partial charge on any atom is 0.0643 e. The smallest absolute Gasteiger partial charge is 0.0643 e. The van der Waals surface area contributed by atoms with Crippen LogP contribution in [-0.2, 0) is 4.74 Å². The summed E-state index contributed by atoms with van der Waals surface area (Å²) < 4.78 is 6.09. The van der Waals surface area contributed by atoms with E-state index in [2.05, 4.69) is 33.8 Å². The molecule has 0 unspecified atom stereocenters. The molecule has 1 aliphatic heterocycles. The summed E-state index contributed by atoms with van der Waals surface area (Å²) >= 11 is 0. The van der Waals surface area contributed by atoms with Crippen molar-refractivity contribution in [1.82, 2.24) is 0 Å². The van der Waals surface area contributed by atoms with Gasteiger partial charge in [0, 0.05) is 11.3 Å². The lowest BCUT2D eigenvalue weighted by Gasteiger charge is -2.55. The van der Waals surface area contributed by atoms with Crippen LogP contribution in [0.2, 0.25) is 0 Å². The van der Waals surface area contributed by atoms with Gasteiger partial charge in [-0.25, -0.2) is 0 Å². The average molecular weight is 238 g/mol. The first kappa shape index (κ1) is 13.1. The Morgan fingerprint density at radius 3 is 2.76 bits per heavy atom. The molecule has 0 aromatic heterocycles. The minimum absolute atomic E-state index is 0.0472. The first-order chi connectivity index (χ1) is 8.06. The summed E-state index contributed by atoms with van der Waals surface area (Å²) in [5, 5.41) is 9.83. The molecule has 5 atom stereocenters. The van der Waals surface area contributed by atoms with Crippen LogP contribution < -0.4 is 0 Å². The van der Waals surface area contributed by atoms with Gasteiger partial charge in [0.1, 0.15) is 0 Å². The summed E-state index contributed by atoms with van der Waals surface area (Å²) in [5.41, 5.74) is 1.42. The molecule has 0 spiro atoms. The number of hydrogen-bond acceptors (Lipinski definition) is 2. The van der Waals surface area contributed by atoms with Gasteiger partial charge in [0.05, 0.1) is 19.3 Å². The molecule has 2 aliphatic rings. The lowest BCUT2D eigenvalue weighted by atomic mass is 9.56. The van der Waals surface area contributed by atoms with Gasteiger partial charge < -0.3 is 9.84 Å². The van der Waals surface area contributed by atoms with Gasteiger partial charge in [-0.1, -0.05) is 38.8 Å². The first-order valence-electron chi connectivity index (χ1n) is 6.97. The summed E-state index contributed by atoms with van der Waals surface area (Å²) in [5.74, 6) is 1.45. The Kier molecular flexibility index (Phi) is 3.65. The first-order valence-corrected chi connectivity index (χ1v) is 6.97. The number of hydrogen-bond donors (Lipinski definition) is 1. The van der Waals surface area contributed by atoms with Gasteiger partial charge in [-0.3, -0.25) is 0 Å². The lowest BCUT2D eigenvalue weighted by molar-refractivity contribution is -0.164. The van der Waals surface area contributed by atoms with Crippen molar-refractivity contribution in [2.75, 3.05) is 13.2 Å². The van der Waals surface area contributed by atoms with Gasteiger partial charge in [0.25, 0.3) is 0 Å². The molecular formula is C15H26O2. The number of ether oxygens (including phenoxy) is 1. The molecular weight excluding hydrogens is 212 g/mol. The zero-order valence-electron chi connectivity index (χ0n) is 11.6. The van der Waals surface area contributed by atoms with E-state index in [1.807, 2.05) is 0 Å². The Bertz CT molecular complexity index is 310. The highest BCUT2D eigenvalue weighted by Crippen LogP contribution is 2.52. The minimum Gasteiger partial charge on any atom is -0.396 e. The number of allylic oxidation sites excluding steroid dienone is 1. The van der Waals surface area contributed by atoms with E-state index < -0.39 is 0 Å². The van der Waals surface area contributed by atoms with E-state index in [0.717, 1.165) is 13.0 Å². The molecule has 2 heteroatoms. The van der Waals surface area contributed by atoms with Crippen molar-refractivity contribution in [2.24, 2.45) is 23.2 Å². The van der Waals surface area contributed by atoms with Gasteiger partial charge in [0.15, 0.2) is 0 Å². The zero-order chi connectivity index (χ0) is 12.6. The van der Waals surface area contributed by atoms with Crippen molar-refractivity contribution in [1.29, 1.82) is 0 Å². The summed E-state index contributed by atoms with van der Waals surface area (Å²) in [7, 11) is 0. The lowest BCUT2D eigenvalue weighted by Crippen LogP contribution is -2.56. The molecule has 98 valence electrons.